The second-order valence-electron chi connectivity index (χ2n) is 5.93. The summed E-state index contributed by atoms with van der Waals surface area (Å²) in [4.78, 5) is 17.5. The van der Waals surface area contributed by atoms with Gasteiger partial charge in [-0.1, -0.05) is 96.4 Å². The second-order valence-corrected chi connectivity index (χ2v) is 8.43. The van der Waals surface area contributed by atoms with E-state index in [1.807, 2.05) is 55.6 Å². The summed E-state index contributed by atoms with van der Waals surface area (Å²) in [5.74, 6) is -0.0130. The molecule has 3 nitrogen and oxygen atoms in total. The van der Waals surface area contributed by atoms with E-state index in [0.29, 0.717) is 15.8 Å². The highest BCUT2D eigenvalue weighted by Crippen LogP contribution is 2.45. The molecule has 2 aliphatic heterocycles. The third-order valence-corrected chi connectivity index (χ3v) is 6.85. The predicted octanol–water partition coefficient (Wildman–Crippen LogP) is 4.89. The molecule has 26 heavy (non-hydrogen) atoms. The van der Waals surface area contributed by atoms with Gasteiger partial charge >= 0.3 is 0 Å². The lowest BCUT2D eigenvalue weighted by Gasteiger charge is -2.19. The van der Waals surface area contributed by atoms with E-state index in [1.54, 1.807) is 16.7 Å². The molecule has 4 rings (SSSR count). The largest absolute Gasteiger partial charge is 0.337 e. The molecule has 0 bridgehead atoms. The summed E-state index contributed by atoms with van der Waals surface area (Å²) in [5.41, 5.74) is 3.31. The lowest BCUT2D eigenvalue weighted by Crippen LogP contribution is -2.28. The Kier molecular flexibility index (Phi) is 4.89. The van der Waals surface area contributed by atoms with Crippen molar-refractivity contribution in [2.45, 2.75) is 6.54 Å². The van der Waals surface area contributed by atoms with E-state index in [9.17, 15) is 4.79 Å². The number of thioether (sulfide) groups is 2. The highest BCUT2D eigenvalue weighted by Gasteiger charge is 2.37. The van der Waals surface area contributed by atoms with Crippen LogP contribution in [0.3, 0.4) is 0 Å². The van der Waals surface area contributed by atoms with Crippen molar-refractivity contribution in [1.29, 1.82) is 0 Å². The molecule has 0 atom stereocenters. The maximum absolute atomic E-state index is 13.0. The predicted molar refractivity (Wildman–Crippen MR) is 114 cm³/mol. The number of hydrogen-bond donors (Lipinski definition) is 0. The minimum atomic E-state index is -0.0130. The SMILES string of the molecule is CN1C(c2ccccc2)=CSC1=C1SC(=S)N(Cc2ccccc2)C1=O. The molecule has 2 heterocycles. The van der Waals surface area contributed by atoms with E-state index in [0.717, 1.165) is 21.9 Å². The van der Waals surface area contributed by atoms with Gasteiger partial charge in [0.2, 0.25) is 0 Å². The van der Waals surface area contributed by atoms with E-state index in [-0.39, 0.29) is 5.91 Å². The number of carbonyl (C=O) groups excluding carboxylic acids is 1. The molecule has 0 radical (unpaired) electrons. The van der Waals surface area contributed by atoms with E-state index in [2.05, 4.69) is 22.4 Å². The monoisotopic (exact) mass is 396 g/mol. The van der Waals surface area contributed by atoms with Gasteiger partial charge in [0.05, 0.1) is 17.3 Å². The summed E-state index contributed by atoms with van der Waals surface area (Å²) in [5, 5.41) is 3.03. The van der Waals surface area contributed by atoms with Crippen molar-refractivity contribution in [2.24, 2.45) is 0 Å². The standard InChI is InChI=1S/C20H16N2OS3/c1-21-16(15-10-6-3-7-11-15)13-25-19(21)17-18(23)22(20(24)26-17)12-14-8-4-2-5-9-14/h2-11,13H,12H2,1H3. The number of rotatable bonds is 3. The quantitative estimate of drug-likeness (QED) is 0.543. The van der Waals surface area contributed by atoms with E-state index < -0.39 is 0 Å². The smallest absolute Gasteiger partial charge is 0.269 e. The molecule has 0 unspecified atom stereocenters. The Labute approximate surface area is 166 Å². The minimum Gasteiger partial charge on any atom is -0.337 e. The molecule has 6 heteroatoms. The first-order valence-corrected chi connectivity index (χ1v) is 10.2. The molecule has 0 saturated carbocycles. The molecule has 0 aliphatic carbocycles. The fraction of sp³-hybridized carbons (Fsp3) is 0.100. The van der Waals surface area contributed by atoms with Gasteiger partial charge in [-0.15, -0.1) is 0 Å². The second kappa shape index (κ2) is 7.31. The third-order valence-electron chi connectivity index (χ3n) is 4.24. The van der Waals surface area contributed by atoms with Gasteiger partial charge in [0, 0.05) is 12.5 Å². The van der Waals surface area contributed by atoms with Crippen LogP contribution in [0.4, 0.5) is 0 Å². The van der Waals surface area contributed by atoms with Crippen molar-refractivity contribution in [1.82, 2.24) is 9.80 Å². The fourth-order valence-corrected chi connectivity index (χ4v) is 5.37. The van der Waals surface area contributed by atoms with Gasteiger partial charge in [0.1, 0.15) is 9.23 Å². The van der Waals surface area contributed by atoms with Gasteiger partial charge < -0.3 is 4.90 Å². The molecule has 0 N–H and O–H groups in total. The van der Waals surface area contributed by atoms with Crippen LogP contribution in [0.2, 0.25) is 0 Å². The van der Waals surface area contributed by atoms with Crippen molar-refractivity contribution in [3.05, 3.63) is 87.1 Å². The summed E-state index contributed by atoms with van der Waals surface area (Å²) < 4.78 is 0.614. The average molecular weight is 397 g/mol. The van der Waals surface area contributed by atoms with Crippen LogP contribution in [0.5, 0.6) is 0 Å². The van der Waals surface area contributed by atoms with Crippen molar-refractivity contribution in [3.63, 3.8) is 0 Å². The molecule has 0 aromatic heterocycles. The molecule has 130 valence electrons. The zero-order chi connectivity index (χ0) is 18.1. The molecule has 1 amide bonds. The summed E-state index contributed by atoms with van der Waals surface area (Å²) in [6.07, 6.45) is 0. The Balaban J connectivity index is 1.59. The van der Waals surface area contributed by atoms with Gasteiger partial charge in [-0.05, 0) is 11.1 Å². The Bertz CT molecular complexity index is 923. The van der Waals surface area contributed by atoms with Crippen LogP contribution in [-0.4, -0.2) is 27.1 Å². The van der Waals surface area contributed by atoms with Gasteiger partial charge in [0.25, 0.3) is 5.91 Å². The molecule has 1 fully saturated rings. The van der Waals surface area contributed by atoms with Crippen molar-refractivity contribution >= 4 is 51.7 Å². The zero-order valence-corrected chi connectivity index (χ0v) is 16.5. The molecular weight excluding hydrogens is 380 g/mol. The summed E-state index contributed by atoms with van der Waals surface area (Å²) >= 11 is 8.45. The highest BCUT2D eigenvalue weighted by molar-refractivity contribution is 8.27. The maximum atomic E-state index is 13.0. The number of carbonyl (C=O) groups is 1. The Morgan fingerprint density at radius 3 is 2.35 bits per heavy atom. The molecule has 0 spiro atoms. The number of nitrogens with zero attached hydrogens (tertiary/aromatic N) is 2. The Hall–Kier alpha value is -2.02. The summed E-state index contributed by atoms with van der Waals surface area (Å²) in [7, 11) is 2.00. The molecule has 2 aromatic rings. The normalized spacial score (nSPS) is 20.1. The lowest BCUT2D eigenvalue weighted by atomic mass is 10.1. The van der Waals surface area contributed by atoms with Crippen LogP contribution >= 0.6 is 35.7 Å². The molecule has 2 aromatic carbocycles. The number of amides is 1. The van der Waals surface area contributed by atoms with Gasteiger partial charge in [-0.3, -0.25) is 9.69 Å². The van der Waals surface area contributed by atoms with Gasteiger partial charge in [-0.25, -0.2) is 0 Å². The van der Waals surface area contributed by atoms with Gasteiger partial charge in [-0.2, -0.15) is 0 Å². The van der Waals surface area contributed by atoms with Crippen LogP contribution in [0.1, 0.15) is 11.1 Å². The number of hydrogen-bond acceptors (Lipinski definition) is 5. The van der Waals surface area contributed by atoms with Crippen LogP contribution in [0, 0.1) is 0 Å². The van der Waals surface area contributed by atoms with Gasteiger partial charge in [0.15, 0.2) is 0 Å². The van der Waals surface area contributed by atoms with E-state index in [4.69, 9.17) is 12.2 Å². The van der Waals surface area contributed by atoms with E-state index >= 15 is 0 Å². The third kappa shape index (κ3) is 3.20. The maximum Gasteiger partial charge on any atom is 0.269 e. The van der Waals surface area contributed by atoms with Crippen molar-refractivity contribution in [2.75, 3.05) is 7.05 Å². The summed E-state index contributed by atoms with van der Waals surface area (Å²) in [6.45, 7) is 0.510. The number of thiocarbonyl (C=S) groups is 1. The topological polar surface area (TPSA) is 23.6 Å². The number of benzene rings is 2. The van der Waals surface area contributed by atoms with Crippen molar-refractivity contribution < 1.29 is 4.79 Å². The minimum absolute atomic E-state index is 0.0130. The first-order chi connectivity index (χ1) is 12.6. The van der Waals surface area contributed by atoms with Crippen LogP contribution in [0.15, 0.2) is 76.0 Å². The fourth-order valence-electron chi connectivity index (χ4n) is 2.88. The molecule has 1 saturated heterocycles. The lowest BCUT2D eigenvalue weighted by molar-refractivity contribution is -0.122. The average Bonchev–Trinajstić information content (AvgIpc) is 3.18. The van der Waals surface area contributed by atoms with E-state index in [1.165, 1.54) is 11.8 Å². The highest BCUT2D eigenvalue weighted by atomic mass is 32.2. The van der Waals surface area contributed by atoms with Crippen molar-refractivity contribution in [3.8, 4) is 0 Å². The first-order valence-electron chi connectivity index (χ1n) is 8.13. The van der Waals surface area contributed by atoms with Crippen LogP contribution in [-0.2, 0) is 11.3 Å². The Morgan fingerprint density at radius 2 is 1.65 bits per heavy atom. The zero-order valence-electron chi connectivity index (χ0n) is 14.1. The molecular formula is C20H16N2OS3. The Morgan fingerprint density at radius 1 is 1.00 bits per heavy atom. The molecule has 2 aliphatic rings. The van der Waals surface area contributed by atoms with Crippen LogP contribution in [0.25, 0.3) is 5.70 Å². The first kappa shape index (κ1) is 17.4. The van der Waals surface area contributed by atoms with Crippen LogP contribution < -0.4 is 0 Å². The summed E-state index contributed by atoms with van der Waals surface area (Å²) in [6, 6.07) is 20.1.